The van der Waals surface area contributed by atoms with Crippen LogP contribution in [0.2, 0.25) is 0 Å². The van der Waals surface area contributed by atoms with Crippen molar-refractivity contribution in [2.45, 2.75) is 37.7 Å². The molecule has 2 aliphatic rings. The molecule has 4 nitrogen and oxygen atoms in total. The minimum atomic E-state index is 0.00361. The molecule has 16 heavy (non-hydrogen) atoms. The summed E-state index contributed by atoms with van der Waals surface area (Å²) in [7, 11) is 0. The SMILES string of the molecule is c1oc(C2CNCCO2)nc1C1CCCC1. The molecule has 1 saturated carbocycles. The van der Waals surface area contributed by atoms with E-state index < -0.39 is 0 Å². The number of rotatable bonds is 2. The summed E-state index contributed by atoms with van der Waals surface area (Å²) in [5.74, 6) is 1.36. The average molecular weight is 222 g/mol. The van der Waals surface area contributed by atoms with E-state index in [9.17, 15) is 0 Å². The molecular formula is C12H18N2O2. The molecule has 0 aromatic carbocycles. The molecule has 1 aliphatic heterocycles. The lowest BCUT2D eigenvalue weighted by atomic mass is 10.1. The number of oxazole rings is 1. The van der Waals surface area contributed by atoms with E-state index in [2.05, 4.69) is 10.3 Å². The van der Waals surface area contributed by atoms with Crippen LogP contribution in [-0.4, -0.2) is 24.7 Å². The van der Waals surface area contributed by atoms with Crippen molar-refractivity contribution >= 4 is 0 Å². The second kappa shape index (κ2) is 4.55. The number of nitrogens with one attached hydrogen (secondary N) is 1. The van der Waals surface area contributed by atoms with E-state index in [0.717, 1.165) is 31.3 Å². The standard InChI is InChI=1S/C12H18N2O2/c1-2-4-9(3-1)10-8-16-12(14-10)11-7-13-5-6-15-11/h8-9,11,13H,1-7H2. The van der Waals surface area contributed by atoms with Gasteiger partial charge in [0.25, 0.3) is 0 Å². The Balaban J connectivity index is 1.71. The first-order valence-electron chi connectivity index (χ1n) is 6.21. The Kier molecular flexibility index (Phi) is 2.93. The second-order valence-corrected chi connectivity index (χ2v) is 4.66. The van der Waals surface area contributed by atoms with Gasteiger partial charge in [-0.05, 0) is 12.8 Å². The van der Waals surface area contributed by atoms with Crippen molar-refractivity contribution in [1.29, 1.82) is 0 Å². The molecule has 4 heteroatoms. The monoisotopic (exact) mass is 222 g/mol. The van der Waals surface area contributed by atoms with Crippen molar-refractivity contribution in [1.82, 2.24) is 10.3 Å². The number of hydrogen-bond donors (Lipinski definition) is 1. The topological polar surface area (TPSA) is 47.3 Å². The van der Waals surface area contributed by atoms with E-state index >= 15 is 0 Å². The fraction of sp³-hybridized carbons (Fsp3) is 0.750. The van der Waals surface area contributed by atoms with Gasteiger partial charge in [-0.15, -0.1) is 0 Å². The van der Waals surface area contributed by atoms with Gasteiger partial charge in [-0.25, -0.2) is 4.98 Å². The molecule has 1 N–H and O–H groups in total. The summed E-state index contributed by atoms with van der Waals surface area (Å²) in [6.07, 6.45) is 7.00. The van der Waals surface area contributed by atoms with Crippen LogP contribution in [0.25, 0.3) is 0 Å². The zero-order valence-electron chi connectivity index (χ0n) is 9.45. The van der Waals surface area contributed by atoms with Gasteiger partial charge >= 0.3 is 0 Å². The Labute approximate surface area is 95.4 Å². The van der Waals surface area contributed by atoms with Gasteiger partial charge in [0, 0.05) is 19.0 Å². The summed E-state index contributed by atoms with van der Waals surface area (Å²) < 4.78 is 11.2. The predicted octanol–water partition coefficient (Wildman–Crippen LogP) is 1.99. The third-order valence-electron chi connectivity index (χ3n) is 3.52. The number of hydrogen-bond acceptors (Lipinski definition) is 4. The molecule has 2 fully saturated rings. The van der Waals surface area contributed by atoms with Crippen molar-refractivity contribution < 1.29 is 9.15 Å². The van der Waals surface area contributed by atoms with Gasteiger partial charge in [-0.2, -0.15) is 0 Å². The highest BCUT2D eigenvalue weighted by Gasteiger charge is 2.24. The number of ether oxygens (including phenoxy) is 1. The first-order valence-corrected chi connectivity index (χ1v) is 6.21. The fourth-order valence-electron chi connectivity index (χ4n) is 2.58. The van der Waals surface area contributed by atoms with Gasteiger partial charge in [0.05, 0.1) is 12.3 Å². The fourth-order valence-corrected chi connectivity index (χ4v) is 2.58. The Morgan fingerprint density at radius 3 is 2.94 bits per heavy atom. The molecule has 0 bridgehead atoms. The molecule has 88 valence electrons. The Hall–Kier alpha value is -0.870. The lowest BCUT2D eigenvalue weighted by Crippen LogP contribution is -2.33. The Bertz CT molecular complexity index is 339. The highest BCUT2D eigenvalue weighted by atomic mass is 16.5. The van der Waals surface area contributed by atoms with Gasteiger partial charge in [0.2, 0.25) is 5.89 Å². The minimum absolute atomic E-state index is 0.00361. The van der Waals surface area contributed by atoms with Gasteiger partial charge in [-0.3, -0.25) is 0 Å². The van der Waals surface area contributed by atoms with Gasteiger partial charge in [-0.1, -0.05) is 12.8 Å². The number of nitrogens with zero attached hydrogens (tertiary/aromatic N) is 1. The first-order chi connectivity index (χ1) is 7.93. The van der Waals surface area contributed by atoms with Crippen molar-refractivity contribution in [3.63, 3.8) is 0 Å². The summed E-state index contributed by atoms with van der Waals surface area (Å²) in [5, 5.41) is 3.29. The van der Waals surface area contributed by atoms with E-state index in [1.807, 2.05) is 6.26 Å². The largest absolute Gasteiger partial charge is 0.446 e. The van der Waals surface area contributed by atoms with Crippen LogP contribution in [0.1, 0.15) is 49.3 Å². The van der Waals surface area contributed by atoms with Crippen molar-refractivity contribution in [3.8, 4) is 0 Å². The third-order valence-corrected chi connectivity index (χ3v) is 3.52. The molecule has 1 saturated heterocycles. The predicted molar refractivity (Wildman–Crippen MR) is 59.3 cm³/mol. The van der Waals surface area contributed by atoms with E-state index in [-0.39, 0.29) is 6.10 Å². The molecule has 1 aromatic rings. The average Bonchev–Trinajstić information content (AvgIpc) is 3.01. The van der Waals surface area contributed by atoms with E-state index in [1.54, 1.807) is 0 Å². The zero-order valence-corrected chi connectivity index (χ0v) is 9.45. The zero-order chi connectivity index (χ0) is 10.8. The van der Waals surface area contributed by atoms with Crippen LogP contribution in [0.15, 0.2) is 10.7 Å². The molecule has 2 heterocycles. The van der Waals surface area contributed by atoms with E-state index in [4.69, 9.17) is 9.15 Å². The summed E-state index contributed by atoms with van der Waals surface area (Å²) in [6.45, 7) is 2.48. The summed E-state index contributed by atoms with van der Waals surface area (Å²) in [5.41, 5.74) is 1.13. The number of aromatic nitrogens is 1. The molecule has 0 amide bonds. The van der Waals surface area contributed by atoms with Crippen LogP contribution in [-0.2, 0) is 4.74 Å². The molecule has 0 radical (unpaired) electrons. The van der Waals surface area contributed by atoms with E-state index in [1.165, 1.54) is 25.7 Å². The Morgan fingerprint density at radius 2 is 2.19 bits per heavy atom. The van der Waals surface area contributed by atoms with Crippen LogP contribution in [0, 0.1) is 0 Å². The third kappa shape index (κ3) is 1.99. The summed E-state index contributed by atoms with van der Waals surface area (Å²) in [6, 6.07) is 0. The quantitative estimate of drug-likeness (QED) is 0.831. The maximum absolute atomic E-state index is 5.62. The van der Waals surface area contributed by atoms with Gasteiger partial charge < -0.3 is 14.5 Å². The van der Waals surface area contributed by atoms with Gasteiger partial charge in [0.1, 0.15) is 12.4 Å². The Morgan fingerprint density at radius 1 is 1.31 bits per heavy atom. The van der Waals surface area contributed by atoms with Crippen LogP contribution in [0.5, 0.6) is 0 Å². The smallest absolute Gasteiger partial charge is 0.224 e. The molecule has 1 aromatic heterocycles. The maximum atomic E-state index is 5.62. The van der Waals surface area contributed by atoms with E-state index in [0.29, 0.717) is 5.92 Å². The molecule has 3 rings (SSSR count). The number of morpholine rings is 1. The van der Waals surface area contributed by atoms with Crippen molar-refractivity contribution in [2.75, 3.05) is 19.7 Å². The lowest BCUT2D eigenvalue weighted by molar-refractivity contribution is 0.0108. The molecule has 1 aliphatic carbocycles. The van der Waals surface area contributed by atoms with Crippen LogP contribution in [0.3, 0.4) is 0 Å². The molecular weight excluding hydrogens is 204 g/mol. The summed E-state index contributed by atoms with van der Waals surface area (Å²) in [4.78, 5) is 4.58. The molecule has 1 unspecified atom stereocenters. The van der Waals surface area contributed by atoms with Gasteiger partial charge in [0.15, 0.2) is 0 Å². The van der Waals surface area contributed by atoms with Crippen LogP contribution >= 0.6 is 0 Å². The first kappa shape index (κ1) is 10.3. The normalized spacial score (nSPS) is 27.4. The van der Waals surface area contributed by atoms with Crippen molar-refractivity contribution in [3.05, 3.63) is 17.8 Å². The lowest BCUT2D eigenvalue weighted by Gasteiger charge is -2.20. The van der Waals surface area contributed by atoms with Crippen LogP contribution in [0.4, 0.5) is 0 Å². The van der Waals surface area contributed by atoms with Crippen molar-refractivity contribution in [2.24, 2.45) is 0 Å². The summed E-state index contributed by atoms with van der Waals surface area (Å²) >= 11 is 0. The maximum Gasteiger partial charge on any atom is 0.224 e. The molecule has 0 spiro atoms. The second-order valence-electron chi connectivity index (χ2n) is 4.66. The minimum Gasteiger partial charge on any atom is -0.446 e. The highest BCUT2D eigenvalue weighted by Crippen LogP contribution is 2.34. The van der Waals surface area contributed by atoms with Crippen LogP contribution < -0.4 is 5.32 Å². The highest BCUT2D eigenvalue weighted by molar-refractivity contribution is 5.07. The molecule has 1 atom stereocenters.